The zero-order chi connectivity index (χ0) is 20.1. The second kappa shape index (κ2) is 9.75. The molecule has 0 amide bonds. The van der Waals surface area contributed by atoms with Crippen LogP contribution < -0.4 is 14.8 Å². The Hall–Kier alpha value is -1.59. The molecule has 3 rings (SSSR count). The molecule has 0 atom stereocenters. The molecule has 0 radical (unpaired) electrons. The monoisotopic (exact) mass is 499 g/mol. The van der Waals surface area contributed by atoms with Gasteiger partial charge in [-0.15, -0.1) is 0 Å². The summed E-state index contributed by atoms with van der Waals surface area (Å²) in [5.41, 5.74) is 2.52. The molecule has 7 heteroatoms. The Labute approximate surface area is 187 Å². The maximum absolute atomic E-state index is 6.26. The lowest BCUT2D eigenvalue weighted by Gasteiger charge is -2.18. The van der Waals surface area contributed by atoms with Crippen LogP contribution >= 0.6 is 50.7 Å². The number of methoxy groups -OCH3 is 1. The lowest BCUT2D eigenvalue weighted by atomic mass is 10.1. The highest BCUT2D eigenvalue weighted by Crippen LogP contribution is 2.38. The van der Waals surface area contributed by atoms with E-state index in [0.29, 0.717) is 39.7 Å². The summed E-state index contributed by atoms with van der Waals surface area (Å²) in [6.45, 7) is 0.771. The smallest absolute Gasteiger partial charge is 0.167 e. The first-order valence-electron chi connectivity index (χ1n) is 8.40. The first kappa shape index (κ1) is 21.1. The van der Waals surface area contributed by atoms with Gasteiger partial charge >= 0.3 is 0 Å². The number of ether oxygens (including phenoxy) is 2. The highest BCUT2D eigenvalue weighted by molar-refractivity contribution is 9.10. The summed E-state index contributed by atoms with van der Waals surface area (Å²) >= 11 is 22.2. The number of benzene rings is 3. The van der Waals surface area contributed by atoms with Gasteiger partial charge in [0.05, 0.1) is 17.8 Å². The van der Waals surface area contributed by atoms with E-state index in [1.54, 1.807) is 25.3 Å². The average molecular weight is 502 g/mol. The quantitative estimate of drug-likeness (QED) is 0.361. The van der Waals surface area contributed by atoms with Gasteiger partial charge in [-0.05, 0) is 36.4 Å². The number of nitrogens with one attached hydrogen (secondary N) is 1. The van der Waals surface area contributed by atoms with Gasteiger partial charge in [0.15, 0.2) is 11.5 Å². The molecule has 0 saturated heterocycles. The van der Waals surface area contributed by atoms with Gasteiger partial charge in [-0.3, -0.25) is 0 Å². The van der Waals surface area contributed by atoms with E-state index in [-0.39, 0.29) is 0 Å². The molecule has 0 spiro atoms. The Morgan fingerprint density at radius 1 is 0.964 bits per heavy atom. The van der Waals surface area contributed by atoms with Crippen LogP contribution in [0.5, 0.6) is 11.5 Å². The van der Waals surface area contributed by atoms with E-state index < -0.39 is 0 Å². The number of hydrogen-bond donors (Lipinski definition) is 1. The predicted octanol–water partition coefficient (Wildman–Crippen LogP) is 7.61. The zero-order valence-electron chi connectivity index (χ0n) is 14.9. The van der Waals surface area contributed by atoms with Crippen molar-refractivity contribution in [1.82, 2.24) is 0 Å². The summed E-state index contributed by atoms with van der Waals surface area (Å²) in [4.78, 5) is 0. The SMILES string of the molecule is COc1ccc(Br)c(CNc2cc(Cl)ccc2Cl)c1OCc1ccccc1Cl. The maximum Gasteiger partial charge on any atom is 0.167 e. The highest BCUT2D eigenvalue weighted by atomic mass is 79.9. The molecule has 3 aromatic rings. The fourth-order valence-corrected chi connectivity index (χ4v) is 3.65. The van der Waals surface area contributed by atoms with Gasteiger partial charge < -0.3 is 14.8 Å². The Bertz CT molecular complexity index is 982. The van der Waals surface area contributed by atoms with E-state index in [0.717, 1.165) is 21.3 Å². The van der Waals surface area contributed by atoms with Crippen LogP contribution in [0.15, 0.2) is 59.1 Å². The van der Waals surface area contributed by atoms with Gasteiger partial charge in [-0.2, -0.15) is 0 Å². The van der Waals surface area contributed by atoms with Crippen molar-refractivity contribution in [2.45, 2.75) is 13.2 Å². The van der Waals surface area contributed by atoms with Crippen LogP contribution in [0.1, 0.15) is 11.1 Å². The van der Waals surface area contributed by atoms with Crippen LogP contribution in [0.4, 0.5) is 5.69 Å². The van der Waals surface area contributed by atoms with Crippen molar-refractivity contribution in [3.05, 3.63) is 85.3 Å². The van der Waals surface area contributed by atoms with Crippen molar-refractivity contribution in [3.8, 4) is 11.5 Å². The van der Waals surface area contributed by atoms with Crippen molar-refractivity contribution in [3.63, 3.8) is 0 Å². The second-order valence-corrected chi connectivity index (χ2v) is 8.02. The summed E-state index contributed by atoms with van der Waals surface area (Å²) in [7, 11) is 1.61. The normalized spacial score (nSPS) is 10.6. The van der Waals surface area contributed by atoms with Gasteiger partial charge in [0, 0.05) is 32.2 Å². The topological polar surface area (TPSA) is 30.5 Å². The van der Waals surface area contributed by atoms with Crippen molar-refractivity contribution in [2.75, 3.05) is 12.4 Å². The van der Waals surface area contributed by atoms with Crippen molar-refractivity contribution >= 4 is 56.4 Å². The van der Waals surface area contributed by atoms with Crippen molar-refractivity contribution in [2.24, 2.45) is 0 Å². The number of rotatable bonds is 7. The van der Waals surface area contributed by atoms with Crippen LogP contribution in [-0.2, 0) is 13.2 Å². The van der Waals surface area contributed by atoms with Crippen molar-refractivity contribution < 1.29 is 9.47 Å². The highest BCUT2D eigenvalue weighted by Gasteiger charge is 2.16. The van der Waals surface area contributed by atoms with Gasteiger partial charge in [-0.1, -0.05) is 68.9 Å². The summed E-state index contributed by atoms with van der Waals surface area (Å²) < 4.78 is 12.5. The zero-order valence-corrected chi connectivity index (χ0v) is 18.8. The lowest BCUT2D eigenvalue weighted by molar-refractivity contribution is 0.281. The minimum absolute atomic E-state index is 0.317. The molecule has 0 bridgehead atoms. The first-order valence-corrected chi connectivity index (χ1v) is 10.3. The summed E-state index contributed by atoms with van der Waals surface area (Å²) in [5.74, 6) is 1.26. The Balaban J connectivity index is 1.87. The molecule has 0 aromatic heterocycles. The molecule has 0 aliphatic heterocycles. The predicted molar refractivity (Wildman–Crippen MR) is 120 cm³/mol. The third-order valence-electron chi connectivity index (χ3n) is 4.10. The first-order chi connectivity index (χ1) is 13.5. The van der Waals surface area contributed by atoms with Crippen LogP contribution in [-0.4, -0.2) is 7.11 Å². The van der Waals surface area contributed by atoms with Crippen molar-refractivity contribution in [1.29, 1.82) is 0 Å². The van der Waals surface area contributed by atoms with Gasteiger partial charge in [0.25, 0.3) is 0 Å². The minimum atomic E-state index is 0.317. The van der Waals surface area contributed by atoms with Crippen LogP contribution in [0.2, 0.25) is 15.1 Å². The fraction of sp³-hybridized carbons (Fsp3) is 0.143. The van der Waals surface area contributed by atoms with E-state index in [1.807, 2.05) is 36.4 Å². The third-order valence-corrected chi connectivity index (χ3v) is 5.78. The lowest BCUT2D eigenvalue weighted by Crippen LogP contribution is -2.06. The van der Waals surface area contributed by atoms with Crippen LogP contribution in [0.25, 0.3) is 0 Å². The standard InChI is InChI=1S/C21H17BrCl3NO2/c1-27-20-9-7-16(22)15(11-26-19-10-14(23)6-8-18(19)25)21(20)28-12-13-4-2-3-5-17(13)24/h2-10,26H,11-12H2,1H3. The van der Waals surface area contributed by atoms with E-state index in [4.69, 9.17) is 44.3 Å². The Kier molecular flexibility index (Phi) is 7.36. The number of anilines is 1. The number of hydrogen-bond acceptors (Lipinski definition) is 3. The van der Waals surface area contributed by atoms with E-state index in [1.165, 1.54) is 0 Å². The molecule has 0 aliphatic carbocycles. The van der Waals surface area contributed by atoms with E-state index in [2.05, 4.69) is 21.2 Å². The summed E-state index contributed by atoms with van der Waals surface area (Å²) in [6, 6.07) is 16.6. The fourth-order valence-electron chi connectivity index (χ4n) is 2.65. The third kappa shape index (κ3) is 5.06. The summed E-state index contributed by atoms with van der Waals surface area (Å²) in [6.07, 6.45) is 0. The minimum Gasteiger partial charge on any atom is -0.493 e. The van der Waals surface area contributed by atoms with Gasteiger partial charge in [-0.25, -0.2) is 0 Å². The largest absolute Gasteiger partial charge is 0.493 e. The molecular weight excluding hydrogens is 484 g/mol. The van der Waals surface area contributed by atoms with E-state index >= 15 is 0 Å². The number of halogens is 4. The Morgan fingerprint density at radius 3 is 2.50 bits per heavy atom. The summed E-state index contributed by atoms with van der Waals surface area (Å²) in [5, 5.41) is 5.15. The molecule has 146 valence electrons. The molecule has 3 aromatic carbocycles. The second-order valence-electron chi connectivity index (χ2n) is 5.92. The molecule has 0 fully saturated rings. The van der Waals surface area contributed by atoms with E-state index in [9.17, 15) is 0 Å². The molecule has 0 saturated carbocycles. The molecule has 3 nitrogen and oxygen atoms in total. The molecular formula is C21H17BrCl3NO2. The van der Waals surface area contributed by atoms with Gasteiger partial charge in [0.1, 0.15) is 6.61 Å². The Morgan fingerprint density at radius 2 is 1.75 bits per heavy atom. The van der Waals surface area contributed by atoms with Gasteiger partial charge in [0.2, 0.25) is 0 Å². The molecule has 28 heavy (non-hydrogen) atoms. The molecule has 0 aliphatic rings. The average Bonchev–Trinajstić information content (AvgIpc) is 2.69. The molecule has 0 unspecified atom stereocenters. The molecule has 0 heterocycles. The molecule has 1 N–H and O–H groups in total. The maximum atomic E-state index is 6.26. The van der Waals surface area contributed by atoms with Crippen LogP contribution in [0.3, 0.4) is 0 Å². The van der Waals surface area contributed by atoms with Crippen LogP contribution in [0, 0.1) is 0 Å².